The number of benzene rings is 2. The van der Waals surface area contributed by atoms with E-state index in [2.05, 4.69) is 114 Å². The lowest BCUT2D eigenvalue weighted by molar-refractivity contribution is -0.173. The Hall–Kier alpha value is -2.44. The molecule has 1 unspecified atom stereocenters. The zero-order chi connectivity index (χ0) is 39.1. The molecule has 53 heavy (non-hydrogen) atoms. The molecule has 1 aromatic heterocycles. The lowest BCUT2D eigenvalue weighted by Crippen LogP contribution is -2.57. The van der Waals surface area contributed by atoms with Crippen molar-refractivity contribution in [3.8, 4) is 5.75 Å². The van der Waals surface area contributed by atoms with Gasteiger partial charge in [-0.2, -0.15) is 0 Å². The van der Waals surface area contributed by atoms with Crippen LogP contribution in [0, 0.1) is 5.92 Å². The van der Waals surface area contributed by atoms with Gasteiger partial charge in [-0.3, -0.25) is 0 Å². The monoisotopic (exact) mass is 764 g/mol. The number of cyclic esters (lactones) is 1. The molecule has 2 saturated heterocycles. The largest absolute Gasteiger partial charge is 0.488 e. The quantitative estimate of drug-likeness (QED) is 0.0866. The molecule has 2 aliphatic heterocycles. The first-order valence-corrected chi connectivity index (χ1v) is 25.9. The van der Waals surface area contributed by atoms with E-state index in [9.17, 15) is 4.79 Å². The second-order valence-corrected chi connectivity index (χ2v) is 28.6. The highest BCUT2D eigenvalue weighted by Gasteiger charge is 2.71. The Kier molecular flexibility index (Phi) is 12.3. The summed E-state index contributed by atoms with van der Waals surface area (Å²) >= 11 is 0. The summed E-state index contributed by atoms with van der Waals surface area (Å²) in [4.78, 5) is 14.1. The molecule has 3 aromatic rings. The molecule has 2 fully saturated rings. The molecule has 0 N–H and O–H groups in total. The average molecular weight is 765 g/mol. The van der Waals surface area contributed by atoms with Crippen molar-refractivity contribution in [2.45, 2.75) is 181 Å². The van der Waals surface area contributed by atoms with Crippen molar-refractivity contribution < 1.29 is 32.3 Å². The number of hydrogen-bond acceptors (Lipinski definition) is 7. The molecule has 2 aliphatic rings. The highest BCUT2D eigenvalue weighted by Crippen LogP contribution is 2.53. The zero-order valence-electron chi connectivity index (χ0n) is 35.2. The topological polar surface area (TPSA) is 79.7 Å². The number of furan rings is 1. The Morgan fingerprint density at radius 2 is 1.60 bits per heavy atom. The van der Waals surface area contributed by atoms with Crippen molar-refractivity contribution in [2.24, 2.45) is 5.92 Å². The minimum atomic E-state index is -2.24. The van der Waals surface area contributed by atoms with Crippen LogP contribution in [-0.2, 0) is 42.8 Å². The first kappa shape index (κ1) is 41.7. The number of epoxide rings is 1. The van der Waals surface area contributed by atoms with Gasteiger partial charge in [0.1, 0.15) is 30.1 Å². The van der Waals surface area contributed by atoms with Gasteiger partial charge >= 0.3 is 5.97 Å². The van der Waals surface area contributed by atoms with E-state index in [0.717, 1.165) is 64.7 Å². The van der Waals surface area contributed by atoms with Gasteiger partial charge in [-0.15, -0.1) is 0 Å². The molecule has 0 bridgehead atoms. The van der Waals surface area contributed by atoms with Crippen LogP contribution < -0.4 is 4.74 Å². The number of esters is 1. The molecule has 2 aromatic carbocycles. The fourth-order valence-electron chi connectivity index (χ4n) is 7.30. The maximum Gasteiger partial charge on any atom is 0.344 e. The van der Waals surface area contributed by atoms with Crippen LogP contribution in [-0.4, -0.2) is 46.5 Å². The Labute approximate surface area is 322 Å². The van der Waals surface area contributed by atoms with Gasteiger partial charge in [0.05, 0.1) is 24.5 Å². The van der Waals surface area contributed by atoms with Crippen LogP contribution in [0.5, 0.6) is 5.75 Å². The number of hydrogen-bond donors (Lipinski definition) is 0. The van der Waals surface area contributed by atoms with Crippen LogP contribution in [0.4, 0.5) is 0 Å². The molecule has 9 heteroatoms. The molecule has 0 saturated carbocycles. The standard InChI is InChI=1S/C44H68O7Si2/c1-15-20-32(36-25-38(51-53(13,14)43(8,9)10)44(41(45)49-36)37(16-2)50-44)34-27-47-40-33(34)24-31(23-29(3)4)39(46-26-30-21-18-17-19-22-30)35(40)28-48-52(11,12)42(5,6)7/h17-19,21-22,24,27,29,32,36-38H,15-16,20,23,25-26,28H2,1-14H3/t32-,36-,37-,38?,44-/m1/s1. The third-order valence-electron chi connectivity index (χ3n) is 12.6. The van der Waals surface area contributed by atoms with Crippen molar-refractivity contribution in [1.29, 1.82) is 0 Å². The molecule has 3 heterocycles. The van der Waals surface area contributed by atoms with E-state index in [1.54, 1.807) is 0 Å². The summed E-state index contributed by atoms with van der Waals surface area (Å²) in [6.07, 6.45) is 4.93. The summed E-state index contributed by atoms with van der Waals surface area (Å²) in [5.74, 6) is 0.895. The number of ether oxygens (including phenoxy) is 3. The normalized spacial score (nSPS) is 23.2. The summed E-state index contributed by atoms with van der Waals surface area (Å²) in [7, 11) is -4.38. The first-order valence-electron chi connectivity index (χ1n) is 20.1. The molecule has 0 amide bonds. The van der Waals surface area contributed by atoms with E-state index in [1.807, 2.05) is 24.5 Å². The number of carbonyl (C=O) groups excluding carboxylic acids is 1. The Morgan fingerprint density at radius 3 is 2.17 bits per heavy atom. The summed E-state index contributed by atoms with van der Waals surface area (Å²) in [6.45, 7) is 32.2. The summed E-state index contributed by atoms with van der Waals surface area (Å²) < 4.78 is 40.1. The van der Waals surface area contributed by atoms with E-state index in [0.29, 0.717) is 25.6 Å². The predicted molar refractivity (Wildman–Crippen MR) is 220 cm³/mol. The molecule has 7 nitrogen and oxygen atoms in total. The Balaban J connectivity index is 1.61. The number of carbonyl (C=O) groups is 1. The van der Waals surface area contributed by atoms with Crippen molar-refractivity contribution in [3.63, 3.8) is 0 Å². The first-order chi connectivity index (χ1) is 24.7. The van der Waals surface area contributed by atoms with Gasteiger partial charge in [-0.25, -0.2) is 4.79 Å². The molecule has 5 rings (SSSR count). The molecule has 294 valence electrons. The Bertz CT molecular complexity index is 1720. The second-order valence-electron chi connectivity index (χ2n) is 19.1. The summed E-state index contributed by atoms with van der Waals surface area (Å²) in [5, 5.41) is 1.08. The third-order valence-corrected chi connectivity index (χ3v) is 21.5. The minimum Gasteiger partial charge on any atom is -0.488 e. The average Bonchev–Trinajstić information content (AvgIpc) is 3.66. The van der Waals surface area contributed by atoms with Gasteiger partial charge in [0.15, 0.2) is 16.6 Å². The fraction of sp³-hybridized carbons (Fsp3) is 0.659. The fourth-order valence-corrected chi connectivity index (χ4v) is 9.58. The van der Waals surface area contributed by atoms with Gasteiger partial charge in [0.25, 0.3) is 0 Å². The molecule has 0 radical (unpaired) electrons. The molecule has 1 spiro atoms. The van der Waals surface area contributed by atoms with Gasteiger partial charge in [-0.05, 0) is 78.6 Å². The SMILES string of the molecule is CCC[C@H](c1coc2c(CO[Si](C)(C)C(C)(C)C)c(OCc3ccccc3)c(CC(C)C)cc12)[C@H]1CC(O[Si](C)(C)C(C)(C)C)[C@@]2(O[C@@H]2CC)C(=O)O1. The van der Waals surface area contributed by atoms with E-state index < -0.39 is 22.2 Å². The van der Waals surface area contributed by atoms with Gasteiger partial charge in [0, 0.05) is 23.3 Å². The molecule has 5 atom stereocenters. The lowest BCUT2D eigenvalue weighted by atomic mass is 9.81. The summed E-state index contributed by atoms with van der Waals surface area (Å²) in [5.41, 5.74) is 4.05. The zero-order valence-corrected chi connectivity index (χ0v) is 37.2. The maximum atomic E-state index is 14.1. The molecular formula is C44H68O7Si2. The predicted octanol–water partition coefficient (Wildman–Crippen LogP) is 11.9. The van der Waals surface area contributed by atoms with Crippen LogP contribution in [0.25, 0.3) is 11.0 Å². The van der Waals surface area contributed by atoms with Crippen molar-refractivity contribution >= 4 is 33.6 Å². The van der Waals surface area contributed by atoms with Crippen LogP contribution >= 0.6 is 0 Å². The summed E-state index contributed by atoms with van der Waals surface area (Å²) in [6, 6.07) is 12.6. The smallest absolute Gasteiger partial charge is 0.344 e. The molecule has 0 aliphatic carbocycles. The van der Waals surface area contributed by atoms with Crippen LogP contribution in [0.1, 0.15) is 123 Å². The van der Waals surface area contributed by atoms with Gasteiger partial charge in [0.2, 0.25) is 5.60 Å². The maximum absolute atomic E-state index is 14.1. The third kappa shape index (κ3) is 8.54. The van der Waals surface area contributed by atoms with Crippen molar-refractivity contribution in [3.05, 3.63) is 64.9 Å². The lowest BCUT2D eigenvalue weighted by Gasteiger charge is -2.44. The Morgan fingerprint density at radius 1 is 0.943 bits per heavy atom. The van der Waals surface area contributed by atoms with Gasteiger partial charge in [-0.1, -0.05) is 106 Å². The van der Waals surface area contributed by atoms with E-state index in [-0.39, 0.29) is 40.3 Å². The van der Waals surface area contributed by atoms with Crippen LogP contribution in [0.15, 0.2) is 47.1 Å². The van der Waals surface area contributed by atoms with Crippen LogP contribution in [0.3, 0.4) is 0 Å². The van der Waals surface area contributed by atoms with Crippen molar-refractivity contribution in [2.75, 3.05) is 0 Å². The van der Waals surface area contributed by atoms with Crippen LogP contribution in [0.2, 0.25) is 36.3 Å². The van der Waals surface area contributed by atoms with Gasteiger partial charge < -0.3 is 27.5 Å². The van der Waals surface area contributed by atoms with Crippen molar-refractivity contribution in [1.82, 2.24) is 0 Å². The second kappa shape index (κ2) is 15.6. The number of fused-ring (bicyclic) bond motifs is 1. The highest BCUT2D eigenvalue weighted by atomic mass is 28.4. The number of rotatable bonds is 15. The minimum absolute atomic E-state index is 0.0127. The van der Waals surface area contributed by atoms with E-state index in [4.69, 9.17) is 27.5 Å². The van der Waals surface area contributed by atoms with E-state index in [1.165, 1.54) is 0 Å². The highest BCUT2D eigenvalue weighted by molar-refractivity contribution is 6.74. The molecular weight excluding hydrogens is 697 g/mol. The van der Waals surface area contributed by atoms with E-state index >= 15 is 0 Å².